The van der Waals surface area contributed by atoms with Gasteiger partial charge in [0, 0.05) is 19.6 Å². The Morgan fingerprint density at radius 3 is 2.21 bits per heavy atom. The number of nitrogens with one attached hydrogen (secondary N) is 2. The van der Waals surface area contributed by atoms with Crippen molar-refractivity contribution in [2.24, 2.45) is 11.8 Å². The summed E-state index contributed by atoms with van der Waals surface area (Å²) >= 11 is 0. The Bertz CT molecular complexity index is 1230. The molecule has 1 aliphatic heterocycles. The molecule has 2 amide bonds. The molecule has 1 fully saturated rings. The minimum Gasteiger partial charge on any atom is -0.342 e. The lowest BCUT2D eigenvalue weighted by Crippen LogP contribution is -2.66. The van der Waals surface area contributed by atoms with E-state index in [1.54, 1.807) is 29.2 Å². The maximum Gasteiger partial charge on any atom is 0.246 e. The molecule has 1 heterocycles. The molecule has 9 heteroatoms. The van der Waals surface area contributed by atoms with Crippen molar-refractivity contribution < 1.29 is 18.0 Å². The highest BCUT2D eigenvalue weighted by molar-refractivity contribution is 7.89. The van der Waals surface area contributed by atoms with Crippen molar-refractivity contribution in [1.29, 1.82) is 0 Å². The van der Waals surface area contributed by atoms with E-state index in [0.29, 0.717) is 12.1 Å². The van der Waals surface area contributed by atoms with Crippen LogP contribution >= 0.6 is 0 Å². The van der Waals surface area contributed by atoms with Gasteiger partial charge in [-0.3, -0.25) is 9.59 Å². The van der Waals surface area contributed by atoms with Gasteiger partial charge in [-0.15, -0.1) is 0 Å². The maximum atomic E-state index is 14.1. The van der Waals surface area contributed by atoms with E-state index >= 15 is 0 Å². The van der Waals surface area contributed by atoms with E-state index < -0.39 is 22.1 Å². The second-order valence-electron chi connectivity index (χ2n) is 10.7. The summed E-state index contributed by atoms with van der Waals surface area (Å²) in [5.41, 5.74) is 2.94. The number of likely N-dealkylation sites (N-methyl/N-ethyl adjacent to an activating group) is 1. The van der Waals surface area contributed by atoms with Gasteiger partial charge in [-0.2, -0.15) is 0 Å². The lowest BCUT2D eigenvalue weighted by atomic mass is 9.86. The van der Waals surface area contributed by atoms with Gasteiger partial charge in [-0.25, -0.2) is 13.1 Å². The van der Waals surface area contributed by atoms with Crippen LogP contribution in [0.3, 0.4) is 0 Å². The van der Waals surface area contributed by atoms with Crippen LogP contribution in [-0.2, 0) is 39.0 Å². The van der Waals surface area contributed by atoms with Crippen LogP contribution < -0.4 is 10.0 Å². The van der Waals surface area contributed by atoms with Crippen molar-refractivity contribution in [1.82, 2.24) is 19.8 Å². The third-order valence-corrected chi connectivity index (χ3v) is 9.52. The Kier molecular flexibility index (Phi) is 8.90. The van der Waals surface area contributed by atoms with E-state index in [0.717, 1.165) is 25.7 Å². The van der Waals surface area contributed by atoms with Gasteiger partial charge in [0.25, 0.3) is 0 Å². The van der Waals surface area contributed by atoms with Gasteiger partial charge in [0.15, 0.2) is 0 Å². The lowest BCUT2D eigenvalue weighted by molar-refractivity contribution is -0.154. The fourth-order valence-electron chi connectivity index (χ4n) is 5.85. The Balaban J connectivity index is 1.65. The van der Waals surface area contributed by atoms with Gasteiger partial charge in [-0.1, -0.05) is 69.2 Å². The molecule has 2 aromatic carbocycles. The van der Waals surface area contributed by atoms with Crippen LogP contribution in [0.25, 0.3) is 0 Å². The maximum absolute atomic E-state index is 14.1. The summed E-state index contributed by atoms with van der Waals surface area (Å²) in [6, 6.07) is 13.7. The van der Waals surface area contributed by atoms with Crippen LogP contribution in [0.1, 0.15) is 43.4 Å². The minimum absolute atomic E-state index is 0.0253. The predicted octanol–water partition coefficient (Wildman–Crippen LogP) is 2.57. The van der Waals surface area contributed by atoms with Crippen molar-refractivity contribution >= 4 is 21.8 Å². The SMILES string of the molecule is CCC(CC)[C@@H]1C(=O)N[C@H](C2Cc3ccccc3C2)C(=O)N1Cc1ccccc1S(=O)(=O)NCCN(C)C. The first-order chi connectivity index (χ1) is 18.2. The minimum atomic E-state index is -3.80. The summed E-state index contributed by atoms with van der Waals surface area (Å²) in [6.07, 6.45) is 2.95. The van der Waals surface area contributed by atoms with Crippen LogP contribution in [0.2, 0.25) is 0 Å². The largest absolute Gasteiger partial charge is 0.342 e. The van der Waals surface area contributed by atoms with Gasteiger partial charge in [0.2, 0.25) is 21.8 Å². The van der Waals surface area contributed by atoms with E-state index in [9.17, 15) is 18.0 Å². The molecule has 1 aliphatic carbocycles. The number of nitrogens with zero attached hydrogens (tertiary/aromatic N) is 2. The zero-order valence-corrected chi connectivity index (χ0v) is 23.6. The van der Waals surface area contributed by atoms with Gasteiger partial charge < -0.3 is 15.1 Å². The summed E-state index contributed by atoms with van der Waals surface area (Å²) in [5.74, 6) is -0.334. The molecule has 206 valence electrons. The van der Waals surface area contributed by atoms with Gasteiger partial charge in [0.05, 0.1) is 4.90 Å². The first-order valence-corrected chi connectivity index (χ1v) is 15.0. The number of amides is 2. The fraction of sp³-hybridized carbons (Fsp3) is 0.517. The Labute approximate surface area is 226 Å². The number of piperazine rings is 1. The normalized spacial score (nSPS) is 20.3. The number of fused-ring (bicyclic) bond motifs is 1. The molecule has 4 rings (SSSR count). The molecule has 8 nitrogen and oxygen atoms in total. The predicted molar refractivity (Wildman–Crippen MR) is 148 cm³/mol. The van der Waals surface area contributed by atoms with Crippen molar-refractivity contribution in [2.45, 2.75) is 63.1 Å². The molecule has 2 N–H and O–H groups in total. The van der Waals surface area contributed by atoms with Gasteiger partial charge >= 0.3 is 0 Å². The topological polar surface area (TPSA) is 98.8 Å². The number of benzene rings is 2. The average Bonchev–Trinajstić information content (AvgIpc) is 3.32. The number of hydrogen-bond donors (Lipinski definition) is 2. The van der Waals surface area contributed by atoms with Crippen molar-refractivity contribution in [3.8, 4) is 0 Å². The summed E-state index contributed by atoms with van der Waals surface area (Å²) < 4.78 is 29.1. The van der Waals surface area contributed by atoms with Crippen molar-refractivity contribution in [3.63, 3.8) is 0 Å². The molecular formula is C29H40N4O4S. The Morgan fingerprint density at radius 1 is 1.00 bits per heavy atom. The average molecular weight is 541 g/mol. The summed E-state index contributed by atoms with van der Waals surface area (Å²) in [4.78, 5) is 31.4. The molecule has 2 aromatic rings. The van der Waals surface area contributed by atoms with Crippen molar-refractivity contribution in [2.75, 3.05) is 27.2 Å². The molecule has 2 atom stereocenters. The second kappa shape index (κ2) is 12.0. The van der Waals surface area contributed by atoms with Crippen LogP contribution in [0, 0.1) is 11.8 Å². The second-order valence-corrected chi connectivity index (χ2v) is 12.5. The third-order valence-electron chi connectivity index (χ3n) is 7.95. The first kappa shape index (κ1) is 28.3. The molecule has 0 bridgehead atoms. The molecule has 0 spiro atoms. The highest BCUT2D eigenvalue weighted by Crippen LogP contribution is 2.33. The molecule has 1 saturated heterocycles. The van der Waals surface area contributed by atoms with E-state index in [2.05, 4.69) is 22.2 Å². The number of carbonyl (C=O) groups is 2. The molecule has 0 saturated carbocycles. The molecular weight excluding hydrogens is 500 g/mol. The van der Waals surface area contributed by atoms with Crippen LogP contribution in [-0.4, -0.2) is 69.3 Å². The standard InChI is InChI=1S/C29H40N4O4S/c1-5-20(6-2)27-28(34)31-26(24-17-21-11-7-8-12-22(21)18-24)29(35)33(27)19-23-13-9-10-14-25(23)38(36,37)30-15-16-32(3)4/h7-14,20,24,26-27,30H,5-6,15-19H2,1-4H3,(H,31,34)/t26-,27-/m1/s1. The first-order valence-electron chi connectivity index (χ1n) is 13.6. The quantitative estimate of drug-likeness (QED) is 0.457. The van der Waals surface area contributed by atoms with E-state index in [-0.39, 0.29) is 41.6 Å². The molecule has 2 aliphatic rings. The van der Waals surface area contributed by atoms with Gasteiger partial charge in [-0.05, 0) is 61.5 Å². The number of hydrogen-bond acceptors (Lipinski definition) is 5. The van der Waals surface area contributed by atoms with Crippen molar-refractivity contribution in [3.05, 3.63) is 65.2 Å². The van der Waals surface area contributed by atoms with Crippen LogP contribution in [0.15, 0.2) is 53.4 Å². The van der Waals surface area contributed by atoms with Crippen LogP contribution in [0.4, 0.5) is 0 Å². The highest BCUT2D eigenvalue weighted by Gasteiger charge is 2.47. The molecule has 0 unspecified atom stereocenters. The Morgan fingerprint density at radius 2 is 1.61 bits per heavy atom. The lowest BCUT2D eigenvalue weighted by Gasteiger charge is -2.44. The highest BCUT2D eigenvalue weighted by atomic mass is 32.2. The fourth-order valence-corrected chi connectivity index (χ4v) is 7.10. The summed E-state index contributed by atoms with van der Waals surface area (Å²) in [5, 5.41) is 3.08. The Hall–Kier alpha value is -2.75. The zero-order valence-electron chi connectivity index (χ0n) is 22.8. The summed E-state index contributed by atoms with van der Waals surface area (Å²) in [7, 11) is -0.0349. The smallest absolute Gasteiger partial charge is 0.246 e. The third kappa shape index (κ3) is 5.95. The zero-order chi connectivity index (χ0) is 27.4. The summed E-state index contributed by atoms with van der Waals surface area (Å²) in [6.45, 7) is 4.95. The van der Waals surface area contributed by atoms with Gasteiger partial charge in [0.1, 0.15) is 12.1 Å². The van der Waals surface area contributed by atoms with Crippen LogP contribution in [0.5, 0.6) is 0 Å². The van der Waals surface area contributed by atoms with E-state index in [4.69, 9.17) is 0 Å². The number of rotatable bonds is 11. The molecule has 0 aromatic heterocycles. The number of carbonyl (C=O) groups excluding carboxylic acids is 2. The van der Waals surface area contributed by atoms with E-state index in [1.807, 2.05) is 45.0 Å². The molecule has 0 radical (unpaired) electrons. The van der Waals surface area contributed by atoms with E-state index in [1.165, 1.54) is 11.1 Å². The molecule has 38 heavy (non-hydrogen) atoms. The number of sulfonamides is 1. The monoisotopic (exact) mass is 540 g/mol.